The number of carboxylic acid groups (broad SMARTS) is 1. The van der Waals surface area contributed by atoms with Crippen molar-refractivity contribution >= 4 is 28.9 Å². The summed E-state index contributed by atoms with van der Waals surface area (Å²) in [5, 5.41) is 14.8. The van der Waals surface area contributed by atoms with E-state index in [2.05, 4.69) is 24.4 Å². The number of aryl methyl sites for hydroxylation is 1. The highest BCUT2D eigenvalue weighted by atomic mass is 32.1. The predicted octanol–water partition coefficient (Wildman–Crippen LogP) is 2.46. The van der Waals surface area contributed by atoms with Crippen LogP contribution in [0.2, 0.25) is 0 Å². The highest BCUT2D eigenvalue weighted by Crippen LogP contribution is 2.27. The molecule has 0 aliphatic carbocycles. The highest BCUT2D eigenvalue weighted by Gasteiger charge is 2.10. The van der Waals surface area contributed by atoms with Crippen molar-refractivity contribution in [2.24, 2.45) is 5.10 Å². The third-order valence-corrected chi connectivity index (χ3v) is 4.84. The Morgan fingerprint density at radius 3 is 2.54 bits per heavy atom. The number of ether oxygens (including phenoxy) is 1. The SMILES string of the molecule is C/C(=N/NC(=O)COc1cc(C)ccc1C(C)C)c1ccc(C(=O)[O-])s1. The number of carbonyl (C=O) groups is 2. The van der Waals surface area contributed by atoms with Crippen LogP contribution in [-0.4, -0.2) is 24.2 Å². The molecule has 0 aliphatic rings. The number of nitrogens with one attached hydrogen (secondary N) is 1. The molecule has 0 aliphatic heterocycles. The van der Waals surface area contributed by atoms with Crippen LogP contribution in [0, 0.1) is 6.92 Å². The lowest BCUT2D eigenvalue weighted by molar-refractivity contribution is -0.254. The van der Waals surface area contributed by atoms with Gasteiger partial charge in [0.15, 0.2) is 6.61 Å². The number of hydrogen-bond donors (Lipinski definition) is 1. The molecule has 1 aromatic heterocycles. The summed E-state index contributed by atoms with van der Waals surface area (Å²) in [4.78, 5) is 23.5. The second-order valence-corrected chi connectivity index (χ2v) is 7.25. The van der Waals surface area contributed by atoms with Crippen molar-refractivity contribution in [1.82, 2.24) is 5.43 Å². The van der Waals surface area contributed by atoms with Gasteiger partial charge in [0.2, 0.25) is 0 Å². The average Bonchev–Trinajstić information content (AvgIpc) is 3.08. The molecule has 2 aromatic rings. The van der Waals surface area contributed by atoms with Gasteiger partial charge in [-0.25, -0.2) is 5.43 Å². The maximum atomic E-state index is 12.0. The highest BCUT2D eigenvalue weighted by molar-refractivity contribution is 7.15. The number of hydrazone groups is 1. The zero-order valence-electron chi connectivity index (χ0n) is 15.2. The molecule has 138 valence electrons. The van der Waals surface area contributed by atoms with Gasteiger partial charge in [0.1, 0.15) is 5.75 Å². The molecule has 26 heavy (non-hydrogen) atoms. The van der Waals surface area contributed by atoms with Gasteiger partial charge in [-0.1, -0.05) is 26.0 Å². The number of aromatic carboxylic acids is 1. The summed E-state index contributed by atoms with van der Waals surface area (Å²) in [6, 6.07) is 8.99. The Bertz CT molecular complexity index is 840. The molecule has 2 rings (SSSR count). The summed E-state index contributed by atoms with van der Waals surface area (Å²) in [6.45, 7) is 7.62. The topological polar surface area (TPSA) is 90.8 Å². The zero-order valence-corrected chi connectivity index (χ0v) is 16.0. The Morgan fingerprint density at radius 2 is 1.92 bits per heavy atom. The fourth-order valence-electron chi connectivity index (χ4n) is 2.26. The third kappa shape index (κ3) is 5.16. The fraction of sp³-hybridized carbons (Fsp3) is 0.316. The van der Waals surface area contributed by atoms with Crippen molar-refractivity contribution < 1.29 is 19.4 Å². The van der Waals surface area contributed by atoms with Crippen LogP contribution in [0.5, 0.6) is 5.75 Å². The summed E-state index contributed by atoms with van der Waals surface area (Å²) in [7, 11) is 0. The van der Waals surface area contributed by atoms with Crippen LogP contribution in [0.1, 0.15) is 52.4 Å². The summed E-state index contributed by atoms with van der Waals surface area (Å²) >= 11 is 1.04. The van der Waals surface area contributed by atoms with E-state index in [1.165, 1.54) is 6.07 Å². The van der Waals surface area contributed by atoms with Crippen LogP contribution in [0.3, 0.4) is 0 Å². The molecule has 6 nitrogen and oxygen atoms in total. The first-order valence-electron chi connectivity index (χ1n) is 8.16. The van der Waals surface area contributed by atoms with Crippen LogP contribution < -0.4 is 15.3 Å². The molecule has 0 atom stereocenters. The lowest BCUT2D eigenvalue weighted by Gasteiger charge is -2.14. The fourth-order valence-corrected chi connectivity index (χ4v) is 3.05. The number of rotatable bonds is 7. The van der Waals surface area contributed by atoms with Gasteiger partial charge in [0.25, 0.3) is 5.91 Å². The molecule has 0 spiro atoms. The van der Waals surface area contributed by atoms with E-state index in [4.69, 9.17) is 4.74 Å². The van der Waals surface area contributed by atoms with E-state index in [0.717, 1.165) is 22.5 Å². The average molecular weight is 373 g/mol. The number of thiophene rings is 1. The predicted molar refractivity (Wildman–Crippen MR) is 99.8 cm³/mol. The summed E-state index contributed by atoms with van der Waals surface area (Å²) in [5.41, 5.74) is 5.02. The molecule has 0 radical (unpaired) electrons. The molecule has 1 heterocycles. The molecule has 0 unspecified atom stereocenters. The second-order valence-electron chi connectivity index (χ2n) is 6.17. The van der Waals surface area contributed by atoms with Crippen LogP contribution in [-0.2, 0) is 4.79 Å². The molecule has 7 heteroatoms. The molecular formula is C19H21N2O4S-. The van der Waals surface area contributed by atoms with E-state index in [-0.39, 0.29) is 17.4 Å². The summed E-state index contributed by atoms with van der Waals surface area (Å²) < 4.78 is 5.65. The monoisotopic (exact) mass is 373 g/mol. The van der Waals surface area contributed by atoms with Gasteiger partial charge in [0.05, 0.1) is 21.4 Å². The normalized spacial score (nSPS) is 11.5. The van der Waals surface area contributed by atoms with Gasteiger partial charge < -0.3 is 14.6 Å². The molecular weight excluding hydrogens is 352 g/mol. The number of carbonyl (C=O) groups excluding carboxylic acids is 2. The minimum atomic E-state index is -1.23. The molecule has 0 saturated carbocycles. The Hall–Kier alpha value is -2.67. The van der Waals surface area contributed by atoms with E-state index < -0.39 is 11.9 Å². The van der Waals surface area contributed by atoms with Gasteiger partial charge >= 0.3 is 0 Å². The molecule has 0 bridgehead atoms. The van der Waals surface area contributed by atoms with Crippen LogP contribution in [0.4, 0.5) is 0 Å². The van der Waals surface area contributed by atoms with Crippen molar-refractivity contribution in [3.8, 4) is 5.75 Å². The van der Waals surface area contributed by atoms with E-state index in [0.29, 0.717) is 16.3 Å². The minimum Gasteiger partial charge on any atom is -0.544 e. The smallest absolute Gasteiger partial charge is 0.277 e. The van der Waals surface area contributed by atoms with Crippen molar-refractivity contribution in [2.45, 2.75) is 33.6 Å². The molecule has 0 fully saturated rings. The van der Waals surface area contributed by atoms with E-state index in [1.54, 1.807) is 13.0 Å². The molecule has 0 saturated heterocycles. The van der Waals surface area contributed by atoms with Crippen LogP contribution in [0.15, 0.2) is 35.4 Å². The number of benzene rings is 1. The van der Waals surface area contributed by atoms with Crippen molar-refractivity contribution in [3.63, 3.8) is 0 Å². The maximum Gasteiger partial charge on any atom is 0.277 e. The third-order valence-electron chi connectivity index (χ3n) is 3.66. The standard InChI is InChI=1S/C19H22N2O4S/c1-11(2)14-6-5-12(3)9-15(14)25-10-18(22)21-20-13(4)16-7-8-17(26-16)19(23)24/h5-9,11H,10H2,1-4H3,(H,21,22)(H,23,24)/p-1/b20-13-. The van der Waals surface area contributed by atoms with Crippen molar-refractivity contribution in [3.05, 3.63) is 51.2 Å². The lowest BCUT2D eigenvalue weighted by Crippen LogP contribution is -2.25. The van der Waals surface area contributed by atoms with Gasteiger partial charge in [-0.05, 0) is 49.1 Å². The Balaban J connectivity index is 1.96. The summed E-state index contributed by atoms with van der Waals surface area (Å²) in [5.74, 6) is -0.652. The zero-order chi connectivity index (χ0) is 19.3. The second kappa shape index (κ2) is 8.62. The number of nitrogens with zero attached hydrogens (tertiary/aromatic N) is 1. The Morgan fingerprint density at radius 1 is 1.23 bits per heavy atom. The van der Waals surface area contributed by atoms with E-state index >= 15 is 0 Å². The Labute approximate surface area is 156 Å². The maximum absolute atomic E-state index is 12.0. The number of hydrogen-bond acceptors (Lipinski definition) is 6. The van der Waals surface area contributed by atoms with Gasteiger partial charge in [-0.15, -0.1) is 11.3 Å². The number of amides is 1. The molecule has 1 N–H and O–H groups in total. The van der Waals surface area contributed by atoms with Crippen molar-refractivity contribution in [1.29, 1.82) is 0 Å². The van der Waals surface area contributed by atoms with Crippen LogP contribution in [0.25, 0.3) is 0 Å². The summed E-state index contributed by atoms with van der Waals surface area (Å²) in [6.07, 6.45) is 0. The molecule has 1 amide bonds. The quantitative estimate of drug-likeness (QED) is 0.596. The van der Waals surface area contributed by atoms with E-state index in [9.17, 15) is 14.7 Å². The van der Waals surface area contributed by atoms with E-state index in [1.807, 2.05) is 25.1 Å². The first-order valence-corrected chi connectivity index (χ1v) is 8.97. The minimum absolute atomic E-state index is 0.116. The number of carboxylic acids is 1. The first kappa shape index (κ1) is 19.7. The lowest BCUT2D eigenvalue weighted by atomic mass is 10.0. The van der Waals surface area contributed by atoms with Gasteiger partial charge in [0, 0.05) is 0 Å². The largest absolute Gasteiger partial charge is 0.544 e. The van der Waals surface area contributed by atoms with Crippen molar-refractivity contribution in [2.75, 3.05) is 6.61 Å². The first-order chi connectivity index (χ1) is 12.3. The Kier molecular flexibility index (Phi) is 6.52. The van der Waals surface area contributed by atoms with Gasteiger partial charge in [-0.3, -0.25) is 4.79 Å². The molecule has 1 aromatic carbocycles. The van der Waals surface area contributed by atoms with Gasteiger partial charge in [-0.2, -0.15) is 5.10 Å². The van der Waals surface area contributed by atoms with Crippen LogP contribution >= 0.6 is 11.3 Å².